The number of phenols is 1. The molecule has 0 aliphatic carbocycles. The number of azo groups is 1. The maximum Gasteiger partial charge on any atom is 0.213 e. The third-order valence-corrected chi connectivity index (χ3v) is 4.80. The lowest BCUT2D eigenvalue weighted by atomic mass is 10.2. The monoisotopic (exact) mass is 430 g/mol. The number of benzene rings is 2. The summed E-state index contributed by atoms with van der Waals surface area (Å²) < 4.78 is 5.21. The summed E-state index contributed by atoms with van der Waals surface area (Å²) in [7, 11) is 1.48. The van der Waals surface area contributed by atoms with E-state index in [0.29, 0.717) is 39.6 Å². The maximum atomic E-state index is 9.91. The number of nitrogens with zero attached hydrogens (tertiary/aromatic N) is 5. The van der Waals surface area contributed by atoms with E-state index in [1.165, 1.54) is 24.5 Å². The first kappa shape index (κ1) is 20.2. The first-order chi connectivity index (χ1) is 15.2. The largest absolute Gasteiger partial charge is 0.504 e. The SMILES string of the molecule is COc1cc(/C(N=Nc2ccccc2)=N/c2nc(Nc3ccccn3)cs2)ccc1O. The second kappa shape index (κ2) is 9.59. The minimum atomic E-state index is 0.0293. The number of hydrogen-bond acceptors (Lipinski definition) is 8. The van der Waals surface area contributed by atoms with Crippen LogP contribution in [0.25, 0.3) is 0 Å². The molecule has 0 amide bonds. The molecule has 4 aromatic rings. The van der Waals surface area contributed by atoms with Gasteiger partial charge in [0.15, 0.2) is 17.3 Å². The van der Waals surface area contributed by atoms with Gasteiger partial charge in [-0.25, -0.2) is 9.97 Å². The van der Waals surface area contributed by atoms with Crippen LogP contribution in [0.2, 0.25) is 0 Å². The molecule has 154 valence electrons. The van der Waals surface area contributed by atoms with E-state index in [1.807, 2.05) is 53.9 Å². The maximum absolute atomic E-state index is 9.91. The van der Waals surface area contributed by atoms with Crippen LogP contribution in [0.3, 0.4) is 0 Å². The van der Waals surface area contributed by atoms with Crippen molar-refractivity contribution in [1.82, 2.24) is 9.97 Å². The molecular weight excluding hydrogens is 412 g/mol. The van der Waals surface area contributed by atoms with Crippen molar-refractivity contribution in [1.29, 1.82) is 0 Å². The Morgan fingerprint density at radius 1 is 1.03 bits per heavy atom. The Hall–Kier alpha value is -4.11. The Labute approximate surface area is 182 Å². The average Bonchev–Trinajstić information content (AvgIpc) is 3.25. The van der Waals surface area contributed by atoms with Crippen LogP contribution in [-0.2, 0) is 0 Å². The molecule has 0 aliphatic heterocycles. The number of methoxy groups -OCH3 is 1. The van der Waals surface area contributed by atoms with E-state index < -0.39 is 0 Å². The molecular formula is C22H18N6O2S. The van der Waals surface area contributed by atoms with Gasteiger partial charge in [0.25, 0.3) is 0 Å². The summed E-state index contributed by atoms with van der Waals surface area (Å²) in [5, 5.41) is 24.0. The number of pyridine rings is 1. The van der Waals surface area contributed by atoms with Crippen LogP contribution in [0.5, 0.6) is 11.5 Å². The van der Waals surface area contributed by atoms with Gasteiger partial charge in [-0.05, 0) is 42.5 Å². The summed E-state index contributed by atoms with van der Waals surface area (Å²) in [5.74, 6) is 2.00. The number of amidine groups is 1. The van der Waals surface area contributed by atoms with E-state index in [0.717, 1.165) is 0 Å². The Morgan fingerprint density at radius 2 is 1.87 bits per heavy atom. The summed E-state index contributed by atoms with van der Waals surface area (Å²) >= 11 is 1.36. The number of phenolic OH excluding ortho intramolecular Hbond substituents is 1. The third-order valence-electron chi connectivity index (χ3n) is 4.07. The molecule has 0 spiro atoms. The number of hydrogen-bond donors (Lipinski definition) is 2. The summed E-state index contributed by atoms with van der Waals surface area (Å²) in [4.78, 5) is 13.3. The standard InChI is InChI=1S/C22H18N6O2S/c1-30-18-13-15(10-11-17(18)29)21(28-27-16-7-3-2-4-8-16)26-22-25-20(14-31-22)24-19-9-5-6-12-23-19/h2-14,29H,1H3,(H,23,24)/b26-21-,28-27?. The number of aromatic hydroxyl groups is 1. The molecule has 0 unspecified atom stereocenters. The highest BCUT2D eigenvalue weighted by atomic mass is 32.1. The molecule has 0 saturated carbocycles. The highest BCUT2D eigenvalue weighted by Gasteiger charge is 2.10. The van der Waals surface area contributed by atoms with Gasteiger partial charge in [-0.3, -0.25) is 0 Å². The van der Waals surface area contributed by atoms with Gasteiger partial charge in [-0.2, -0.15) is 4.99 Å². The van der Waals surface area contributed by atoms with Crippen molar-refractivity contribution in [2.24, 2.45) is 15.2 Å². The summed E-state index contributed by atoms with van der Waals surface area (Å²) in [6, 6.07) is 19.8. The van der Waals surface area contributed by atoms with Crippen molar-refractivity contribution < 1.29 is 9.84 Å². The molecule has 2 aromatic heterocycles. The van der Waals surface area contributed by atoms with Gasteiger partial charge in [-0.15, -0.1) is 21.6 Å². The lowest BCUT2D eigenvalue weighted by Crippen LogP contribution is -1.97. The third kappa shape index (κ3) is 5.28. The van der Waals surface area contributed by atoms with Crippen molar-refractivity contribution >= 4 is 39.6 Å². The Morgan fingerprint density at radius 3 is 2.65 bits per heavy atom. The molecule has 0 atom stereocenters. The van der Waals surface area contributed by atoms with Crippen molar-refractivity contribution in [2.75, 3.05) is 12.4 Å². The van der Waals surface area contributed by atoms with Crippen molar-refractivity contribution in [2.45, 2.75) is 0 Å². The number of aromatic nitrogens is 2. The number of rotatable bonds is 6. The second-order valence-corrected chi connectivity index (χ2v) is 7.05. The highest BCUT2D eigenvalue weighted by Crippen LogP contribution is 2.29. The number of nitrogens with one attached hydrogen (secondary N) is 1. The molecule has 0 aliphatic rings. The summed E-state index contributed by atoms with van der Waals surface area (Å²) in [6.07, 6.45) is 1.70. The van der Waals surface area contributed by atoms with E-state index in [-0.39, 0.29) is 5.75 Å². The van der Waals surface area contributed by atoms with Gasteiger partial charge in [0.05, 0.1) is 12.8 Å². The Bertz CT molecular complexity index is 1210. The fraction of sp³-hybridized carbons (Fsp3) is 0.0455. The quantitative estimate of drug-likeness (QED) is 0.226. The van der Waals surface area contributed by atoms with Gasteiger partial charge in [0, 0.05) is 17.1 Å². The minimum Gasteiger partial charge on any atom is -0.504 e. The zero-order valence-corrected chi connectivity index (χ0v) is 17.3. The summed E-state index contributed by atoms with van der Waals surface area (Å²) in [5.41, 5.74) is 1.32. The molecule has 2 aromatic carbocycles. The fourth-order valence-corrected chi connectivity index (χ4v) is 3.21. The second-order valence-electron chi connectivity index (χ2n) is 6.21. The molecule has 0 radical (unpaired) electrons. The average molecular weight is 430 g/mol. The molecule has 0 bridgehead atoms. The van der Waals surface area contributed by atoms with Crippen molar-refractivity contribution in [3.05, 3.63) is 83.9 Å². The molecule has 2 N–H and O–H groups in total. The van der Waals surface area contributed by atoms with Crippen LogP contribution in [0.1, 0.15) is 5.56 Å². The van der Waals surface area contributed by atoms with E-state index in [1.54, 1.807) is 18.3 Å². The Kier molecular flexibility index (Phi) is 6.24. The van der Waals surface area contributed by atoms with Gasteiger partial charge in [-0.1, -0.05) is 24.3 Å². The van der Waals surface area contributed by atoms with E-state index in [4.69, 9.17) is 4.74 Å². The smallest absolute Gasteiger partial charge is 0.213 e. The molecule has 8 nitrogen and oxygen atoms in total. The fourth-order valence-electron chi connectivity index (χ4n) is 2.59. The summed E-state index contributed by atoms with van der Waals surface area (Å²) in [6.45, 7) is 0. The van der Waals surface area contributed by atoms with Gasteiger partial charge in [0.1, 0.15) is 11.6 Å². The van der Waals surface area contributed by atoms with Crippen LogP contribution in [0.15, 0.2) is 93.5 Å². The number of thiazole rings is 1. The lowest BCUT2D eigenvalue weighted by molar-refractivity contribution is 0.373. The number of anilines is 2. The van der Waals surface area contributed by atoms with Gasteiger partial charge in [0.2, 0.25) is 5.13 Å². The molecule has 0 fully saturated rings. The predicted molar refractivity (Wildman–Crippen MR) is 121 cm³/mol. The van der Waals surface area contributed by atoms with E-state index in [9.17, 15) is 5.11 Å². The van der Waals surface area contributed by atoms with E-state index >= 15 is 0 Å². The van der Waals surface area contributed by atoms with Crippen molar-refractivity contribution in [3.63, 3.8) is 0 Å². The van der Waals surface area contributed by atoms with Crippen molar-refractivity contribution in [3.8, 4) is 11.5 Å². The van der Waals surface area contributed by atoms with Crippen LogP contribution in [-0.4, -0.2) is 28.0 Å². The Balaban J connectivity index is 1.67. The number of aliphatic imine (C=N–C) groups is 1. The first-order valence-corrected chi connectivity index (χ1v) is 10.2. The zero-order valence-electron chi connectivity index (χ0n) is 16.5. The van der Waals surface area contributed by atoms with Gasteiger partial charge < -0.3 is 15.2 Å². The van der Waals surface area contributed by atoms with Gasteiger partial charge >= 0.3 is 0 Å². The first-order valence-electron chi connectivity index (χ1n) is 9.28. The lowest BCUT2D eigenvalue weighted by Gasteiger charge is -2.06. The van der Waals surface area contributed by atoms with Crippen LogP contribution < -0.4 is 10.1 Å². The van der Waals surface area contributed by atoms with Crippen LogP contribution in [0.4, 0.5) is 22.5 Å². The zero-order chi connectivity index (χ0) is 21.5. The normalized spacial score (nSPS) is 11.6. The molecule has 31 heavy (non-hydrogen) atoms. The minimum absolute atomic E-state index is 0.0293. The number of ether oxygens (including phenoxy) is 1. The van der Waals surface area contributed by atoms with E-state index in [2.05, 4.69) is 30.5 Å². The topological polar surface area (TPSA) is 104 Å². The van der Waals surface area contributed by atoms with Crippen LogP contribution >= 0.6 is 11.3 Å². The molecule has 0 saturated heterocycles. The highest BCUT2D eigenvalue weighted by molar-refractivity contribution is 7.13. The molecule has 9 heteroatoms. The molecule has 2 heterocycles. The molecule has 4 rings (SSSR count). The predicted octanol–water partition coefficient (Wildman–Crippen LogP) is 5.86. The van der Waals surface area contributed by atoms with Crippen LogP contribution in [0, 0.1) is 0 Å².